The van der Waals surface area contributed by atoms with Crippen LogP contribution in [0.15, 0.2) is 22.7 Å². The summed E-state index contributed by atoms with van der Waals surface area (Å²) < 4.78 is 6.57. The quantitative estimate of drug-likeness (QED) is 0.653. The van der Waals surface area contributed by atoms with Crippen molar-refractivity contribution in [3.63, 3.8) is 0 Å². The number of halogens is 2. The maximum Gasteiger partial charge on any atom is 0.120 e. The summed E-state index contributed by atoms with van der Waals surface area (Å²) in [6, 6.07) is 6.18. The van der Waals surface area contributed by atoms with Crippen molar-refractivity contribution in [3.05, 3.63) is 28.2 Å². The zero-order valence-electron chi connectivity index (χ0n) is 9.97. The average Bonchev–Trinajstić information content (AvgIpc) is 2.16. The summed E-state index contributed by atoms with van der Waals surface area (Å²) in [5, 5.41) is 0. The van der Waals surface area contributed by atoms with E-state index in [1.54, 1.807) is 0 Å². The maximum atomic E-state index is 5.46. The molecule has 1 unspecified atom stereocenters. The van der Waals surface area contributed by atoms with E-state index >= 15 is 0 Å². The largest absolute Gasteiger partial charge is 0.494 e. The molecule has 0 spiro atoms. The van der Waals surface area contributed by atoms with Gasteiger partial charge in [-0.25, -0.2) is 0 Å². The molecule has 1 atom stereocenters. The van der Waals surface area contributed by atoms with E-state index < -0.39 is 0 Å². The number of hydrogen-bond acceptors (Lipinski definition) is 1. The summed E-state index contributed by atoms with van der Waals surface area (Å²) in [5.41, 5.74) is 1.29. The Bertz CT molecular complexity index is 337. The first-order valence-corrected chi connectivity index (χ1v) is 7.31. The molecule has 0 amide bonds. The van der Waals surface area contributed by atoms with Crippen LogP contribution in [0.2, 0.25) is 0 Å². The van der Waals surface area contributed by atoms with Crippen molar-refractivity contribution >= 4 is 31.9 Å². The minimum Gasteiger partial charge on any atom is -0.494 e. The Labute approximate surface area is 115 Å². The van der Waals surface area contributed by atoms with E-state index in [9.17, 15) is 0 Å². The minimum atomic E-state index is 0.401. The fourth-order valence-corrected chi connectivity index (χ4v) is 3.65. The highest BCUT2D eigenvalue weighted by molar-refractivity contribution is 9.11. The van der Waals surface area contributed by atoms with Gasteiger partial charge in [-0.15, -0.1) is 0 Å². The molecule has 0 saturated heterocycles. The monoisotopic (exact) mass is 348 g/mol. The van der Waals surface area contributed by atoms with Crippen LogP contribution in [0.5, 0.6) is 5.75 Å². The van der Waals surface area contributed by atoms with Gasteiger partial charge < -0.3 is 4.74 Å². The molecular formula is C13H18Br2O. The topological polar surface area (TPSA) is 9.23 Å². The first-order chi connectivity index (χ1) is 7.54. The van der Waals surface area contributed by atoms with E-state index in [1.165, 1.54) is 5.56 Å². The number of alkyl halides is 1. The summed E-state index contributed by atoms with van der Waals surface area (Å²) in [5.74, 6) is 1.60. The van der Waals surface area contributed by atoms with Gasteiger partial charge in [0.2, 0.25) is 0 Å². The van der Waals surface area contributed by atoms with Crippen molar-refractivity contribution in [2.75, 3.05) is 6.61 Å². The SMILES string of the molecule is CCOc1ccc(C(Br)CC(C)C)c(Br)c1. The first kappa shape index (κ1) is 14.0. The lowest BCUT2D eigenvalue weighted by molar-refractivity contribution is 0.340. The van der Waals surface area contributed by atoms with Gasteiger partial charge in [-0.3, -0.25) is 0 Å². The van der Waals surface area contributed by atoms with Gasteiger partial charge in [-0.2, -0.15) is 0 Å². The van der Waals surface area contributed by atoms with Crippen molar-refractivity contribution in [1.29, 1.82) is 0 Å². The maximum absolute atomic E-state index is 5.46. The Morgan fingerprint density at radius 3 is 2.50 bits per heavy atom. The van der Waals surface area contributed by atoms with Crippen LogP contribution in [0.4, 0.5) is 0 Å². The van der Waals surface area contributed by atoms with Crippen LogP contribution in [0, 0.1) is 5.92 Å². The van der Waals surface area contributed by atoms with Gasteiger partial charge in [0.05, 0.1) is 6.61 Å². The molecule has 3 heteroatoms. The fraction of sp³-hybridized carbons (Fsp3) is 0.538. The van der Waals surface area contributed by atoms with Crippen LogP contribution >= 0.6 is 31.9 Å². The predicted molar refractivity (Wildman–Crippen MR) is 76.4 cm³/mol. The van der Waals surface area contributed by atoms with E-state index in [-0.39, 0.29) is 0 Å². The van der Waals surface area contributed by atoms with E-state index in [0.717, 1.165) is 16.6 Å². The third-order valence-electron chi connectivity index (χ3n) is 2.30. The van der Waals surface area contributed by atoms with Crippen molar-refractivity contribution in [2.45, 2.75) is 32.0 Å². The average molecular weight is 350 g/mol. The second kappa shape index (κ2) is 6.65. The summed E-state index contributed by atoms with van der Waals surface area (Å²) >= 11 is 7.33. The van der Waals surface area contributed by atoms with E-state index in [2.05, 4.69) is 51.8 Å². The van der Waals surface area contributed by atoms with Gasteiger partial charge in [0.25, 0.3) is 0 Å². The van der Waals surface area contributed by atoms with Crippen molar-refractivity contribution < 1.29 is 4.74 Å². The van der Waals surface area contributed by atoms with Gasteiger partial charge in [0.15, 0.2) is 0 Å². The molecule has 0 heterocycles. The zero-order valence-corrected chi connectivity index (χ0v) is 13.1. The molecule has 0 bridgehead atoms. The molecule has 0 aromatic heterocycles. The van der Waals surface area contributed by atoms with E-state index in [1.807, 2.05) is 19.1 Å². The highest BCUT2D eigenvalue weighted by atomic mass is 79.9. The Morgan fingerprint density at radius 1 is 1.31 bits per heavy atom. The molecule has 90 valence electrons. The molecule has 1 aromatic carbocycles. The standard InChI is InChI=1S/C13H18Br2O/c1-4-16-10-5-6-11(13(15)8-10)12(14)7-9(2)3/h5-6,8-9,12H,4,7H2,1-3H3. The van der Waals surface area contributed by atoms with Crippen LogP contribution in [0.1, 0.15) is 37.6 Å². The fourth-order valence-electron chi connectivity index (χ4n) is 1.56. The number of ether oxygens (including phenoxy) is 1. The normalized spacial score (nSPS) is 12.9. The number of benzene rings is 1. The molecule has 0 fully saturated rings. The van der Waals surface area contributed by atoms with Crippen LogP contribution < -0.4 is 4.74 Å². The Balaban J connectivity index is 2.81. The molecule has 0 radical (unpaired) electrons. The summed E-state index contributed by atoms with van der Waals surface area (Å²) in [6.07, 6.45) is 1.13. The molecule has 16 heavy (non-hydrogen) atoms. The Morgan fingerprint density at radius 2 is 2.00 bits per heavy atom. The number of hydrogen-bond donors (Lipinski definition) is 0. The molecular weight excluding hydrogens is 332 g/mol. The summed E-state index contributed by atoms with van der Waals surface area (Å²) in [6.45, 7) is 7.16. The smallest absolute Gasteiger partial charge is 0.120 e. The minimum absolute atomic E-state index is 0.401. The Kier molecular flexibility index (Phi) is 5.84. The summed E-state index contributed by atoms with van der Waals surface area (Å²) in [4.78, 5) is 0.401. The highest BCUT2D eigenvalue weighted by Crippen LogP contribution is 2.36. The highest BCUT2D eigenvalue weighted by Gasteiger charge is 2.13. The second-order valence-corrected chi connectivity index (χ2v) is 6.17. The zero-order chi connectivity index (χ0) is 12.1. The third-order valence-corrected chi connectivity index (χ3v) is 3.85. The molecule has 0 aliphatic carbocycles. The predicted octanol–water partition coefficient (Wildman–Crippen LogP) is 5.33. The van der Waals surface area contributed by atoms with E-state index in [0.29, 0.717) is 17.4 Å². The molecule has 1 rings (SSSR count). The second-order valence-electron chi connectivity index (χ2n) is 4.21. The lowest BCUT2D eigenvalue weighted by Gasteiger charge is -2.15. The van der Waals surface area contributed by atoms with E-state index in [4.69, 9.17) is 4.74 Å². The number of rotatable bonds is 5. The van der Waals surface area contributed by atoms with Crippen molar-refractivity contribution in [1.82, 2.24) is 0 Å². The van der Waals surface area contributed by atoms with Crippen molar-refractivity contribution in [3.8, 4) is 5.75 Å². The first-order valence-electron chi connectivity index (χ1n) is 5.61. The molecule has 0 N–H and O–H groups in total. The molecule has 0 aliphatic heterocycles. The lowest BCUT2D eigenvalue weighted by Crippen LogP contribution is -1.98. The van der Waals surface area contributed by atoms with Crippen molar-refractivity contribution in [2.24, 2.45) is 5.92 Å². The van der Waals surface area contributed by atoms with Gasteiger partial charge in [-0.05, 0) is 37.0 Å². The Hall–Kier alpha value is -0.0200. The van der Waals surface area contributed by atoms with Gasteiger partial charge in [-0.1, -0.05) is 51.8 Å². The molecule has 0 saturated carbocycles. The molecule has 1 nitrogen and oxygen atoms in total. The van der Waals surface area contributed by atoms with Gasteiger partial charge in [0, 0.05) is 9.30 Å². The van der Waals surface area contributed by atoms with Crippen LogP contribution in [-0.2, 0) is 0 Å². The van der Waals surface area contributed by atoms with Gasteiger partial charge >= 0.3 is 0 Å². The van der Waals surface area contributed by atoms with Gasteiger partial charge in [0.1, 0.15) is 5.75 Å². The van der Waals surface area contributed by atoms with Crippen LogP contribution in [0.25, 0.3) is 0 Å². The third kappa shape index (κ3) is 4.10. The lowest BCUT2D eigenvalue weighted by atomic mass is 10.0. The summed E-state index contributed by atoms with van der Waals surface area (Å²) in [7, 11) is 0. The molecule has 0 aliphatic rings. The van der Waals surface area contributed by atoms with Crippen LogP contribution in [0.3, 0.4) is 0 Å². The van der Waals surface area contributed by atoms with Crippen LogP contribution in [-0.4, -0.2) is 6.61 Å². The molecule has 1 aromatic rings.